The van der Waals surface area contributed by atoms with E-state index in [0.29, 0.717) is 6.04 Å². The van der Waals surface area contributed by atoms with Crippen LogP contribution in [0.5, 0.6) is 0 Å². The van der Waals surface area contributed by atoms with Crippen LogP contribution in [-0.2, 0) is 4.79 Å². The van der Waals surface area contributed by atoms with Crippen LogP contribution in [0.3, 0.4) is 0 Å². The molecule has 1 amide bonds. The van der Waals surface area contributed by atoms with Crippen LogP contribution in [0.25, 0.3) is 0 Å². The summed E-state index contributed by atoms with van der Waals surface area (Å²) in [6.45, 7) is 6.88. The molecule has 0 bridgehead atoms. The molecule has 1 unspecified atom stereocenters. The Balaban J connectivity index is 0. The van der Waals surface area contributed by atoms with Crippen LogP contribution in [0.1, 0.15) is 64.7 Å². The second-order valence-corrected chi connectivity index (χ2v) is 6.29. The fourth-order valence-electron chi connectivity index (χ4n) is 2.36. The van der Waals surface area contributed by atoms with Gasteiger partial charge in [0.05, 0.1) is 25.7 Å². The van der Waals surface area contributed by atoms with E-state index in [1.807, 2.05) is 0 Å². The molecule has 0 aliphatic carbocycles. The van der Waals surface area contributed by atoms with Crippen molar-refractivity contribution >= 4 is 5.91 Å². The molecule has 0 aromatic carbocycles. The van der Waals surface area contributed by atoms with Crippen molar-refractivity contribution in [3.8, 4) is 0 Å². The monoisotopic (exact) mass is 345 g/mol. The molecule has 1 atom stereocenters. The molecule has 0 aliphatic heterocycles. The lowest BCUT2D eigenvalue weighted by atomic mass is 10.0. The number of quaternary nitrogens is 1. The van der Waals surface area contributed by atoms with Gasteiger partial charge >= 0.3 is 0 Å². The highest BCUT2D eigenvalue weighted by molar-refractivity contribution is 5.87. The van der Waals surface area contributed by atoms with E-state index in [1.54, 1.807) is 0 Å². The zero-order chi connectivity index (χ0) is 18.8. The summed E-state index contributed by atoms with van der Waals surface area (Å²) >= 11 is 0. The molecule has 7 nitrogen and oxygen atoms in total. The predicted molar refractivity (Wildman–Crippen MR) is 97.4 cm³/mol. The summed E-state index contributed by atoms with van der Waals surface area (Å²) in [6.07, 6.45) is 12.8. The maximum Gasteiger partial charge on any atom is 0.243 e. The highest BCUT2D eigenvalue weighted by Crippen LogP contribution is 2.10. The molecule has 0 aliphatic rings. The zero-order valence-corrected chi connectivity index (χ0v) is 15.5. The summed E-state index contributed by atoms with van der Waals surface area (Å²) in [6, 6.07) is 0.311. The van der Waals surface area contributed by atoms with Gasteiger partial charge in [-0.1, -0.05) is 58.4 Å². The smallest absolute Gasteiger partial charge is 0.243 e. The average Bonchev–Trinajstić information content (AvgIpc) is 2.50. The molecule has 0 saturated carbocycles. The Morgan fingerprint density at radius 2 is 1.62 bits per heavy atom. The topological polar surface area (TPSA) is 99.7 Å². The van der Waals surface area contributed by atoms with Crippen LogP contribution in [0, 0.1) is 15.3 Å². The molecule has 0 rings (SSSR count). The molecule has 0 aromatic heterocycles. The lowest BCUT2D eigenvalue weighted by molar-refractivity contribution is -0.858. The van der Waals surface area contributed by atoms with E-state index in [4.69, 9.17) is 15.3 Å². The first kappa shape index (κ1) is 24.6. The molecule has 142 valence electrons. The van der Waals surface area contributed by atoms with Gasteiger partial charge in [0.25, 0.3) is 0 Å². The fraction of sp³-hybridized carbons (Fsp3) is 0.824. The minimum Gasteiger partial charge on any atom is -0.356 e. The third kappa shape index (κ3) is 22.6. The third-order valence-electron chi connectivity index (χ3n) is 3.68. The normalized spacial score (nSPS) is 11.3. The Morgan fingerprint density at radius 1 is 1.12 bits per heavy atom. The van der Waals surface area contributed by atoms with Gasteiger partial charge in [0.1, 0.15) is 0 Å². The lowest BCUT2D eigenvalue weighted by Gasteiger charge is -2.18. The van der Waals surface area contributed by atoms with Crippen molar-refractivity contribution in [2.45, 2.75) is 70.8 Å². The standard InChI is InChI=1S/C17H34N2O.NO3/c1-5-7-8-9-10-11-12-13-16(14-15-19(3)4)18-17(20)6-2;2-1(3)4/h6,16H,2,5,7-15H2,1,3-4H3,(H,18,20);/q;-1/p+1. The molecule has 0 spiro atoms. The first-order valence-corrected chi connectivity index (χ1v) is 8.86. The SMILES string of the molecule is C=CC(=O)NC(CCCCCCCCC)CC[NH+](C)C.O=[N+]([O-])[O-]. The molecule has 0 radical (unpaired) electrons. The van der Waals surface area contributed by atoms with Crippen molar-refractivity contribution in [1.82, 2.24) is 5.32 Å². The summed E-state index contributed by atoms with van der Waals surface area (Å²) in [5.41, 5.74) is 0. The molecule has 7 heteroatoms. The van der Waals surface area contributed by atoms with E-state index < -0.39 is 5.09 Å². The zero-order valence-electron chi connectivity index (χ0n) is 15.5. The van der Waals surface area contributed by atoms with E-state index in [0.717, 1.165) is 19.4 Å². The first-order valence-electron chi connectivity index (χ1n) is 8.86. The van der Waals surface area contributed by atoms with Crippen molar-refractivity contribution in [3.63, 3.8) is 0 Å². The van der Waals surface area contributed by atoms with Crippen molar-refractivity contribution in [2.24, 2.45) is 0 Å². The molecule has 0 saturated heterocycles. The maximum absolute atomic E-state index is 11.4. The minimum absolute atomic E-state index is 0.0355. The van der Waals surface area contributed by atoms with Crippen molar-refractivity contribution in [2.75, 3.05) is 20.6 Å². The number of amides is 1. The number of nitrogens with zero attached hydrogens (tertiary/aromatic N) is 1. The summed E-state index contributed by atoms with van der Waals surface area (Å²) in [7, 11) is 4.31. The van der Waals surface area contributed by atoms with E-state index in [1.165, 1.54) is 55.9 Å². The molecule has 24 heavy (non-hydrogen) atoms. The van der Waals surface area contributed by atoms with Crippen molar-refractivity contribution < 1.29 is 14.8 Å². The van der Waals surface area contributed by atoms with E-state index >= 15 is 0 Å². The fourth-order valence-corrected chi connectivity index (χ4v) is 2.36. The highest BCUT2D eigenvalue weighted by Gasteiger charge is 2.11. The molecule has 0 aromatic rings. The van der Waals surface area contributed by atoms with Gasteiger partial charge in [0.15, 0.2) is 0 Å². The van der Waals surface area contributed by atoms with Gasteiger partial charge < -0.3 is 25.5 Å². The van der Waals surface area contributed by atoms with Crippen molar-refractivity contribution in [1.29, 1.82) is 0 Å². The number of hydrogen-bond acceptors (Lipinski definition) is 4. The predicted octanol–water partition coefficient (Wildman–Crippen LogP) is 2.09. The van der Waals surface area contributed by atoms with Gasteiger partial charge in [-0.15, -0.1) is 0 Å². The summed E-state index contributed by atoms with van der Waals surface area (Å²) in [4.78, 5) is 21.1. The number of hydrogen-bond donors (Lipinski definition) is 2. The molecule has 2 N–H and O–H groups in total. The number of carbonyl (C=O) groups excluding carboxylic acids is 1. The number of carbonyl (C=O) groups is 1. The molecular formula is C17H35N3O4. The van der Waals surface area contributed by atoms with Gasteiger partial charge in [0.2, 0.25) is 5.91 Å². The number of rotatable bonds is 13. The quantitative estimate of drug-likeness (QED) is 0.231. The second kappa shape index (κ2) is 17.7. The Morgan fingerprint density at radius 3 is 2.08 bits per heavy atom. The van der Waals surface area contributed by atoms with Gasteiger partial charge in [-0.05, 0) is 12.5 Å². The van der Waals surface area contributed by atoms with Crippen LogP contribution in [-0.4, -0.2) is 37.7 Å². The maximum atomic E-state index is 11.4. The van der Waals surface area contributed by atoms with E-state index in [2.05, 4.69) is 32.9 Å². The van der Waals surface area contributed by atoms with Crippen LogP contribution >= 0.6 is 0 Å². The van der Waals surface area contributed by atoms with Crippen molar-refractivity contribution in [3.05, 3.63) is 28.0 Å². The van der Waals surface area contributed by atoms with Crippen LogP contribution in [0.4, 0.5) is 0 Å². The van der Waals surface area contributed by atoms with E-state index in [-0.39, 0.29) is 5.91 Å². The Hall–Kier alpha value is -1.63. The average molecular weight is 345 g/mol. The second-order valence-electron chi connectivity index (χ2n) is 6.29. The lowest BCUT2D eigenvalue weighted by Crippen LogP contribution is -3.05. The van der Waals surface area contributed by atoms with Crippen LogP contribution in [0.2, 0.25) is 0 Å². The largest absolute Gasteiger partial charge is 0.356 e. The molecule has 0 heterocycles. The molecular weight excluding hydrogens is 310 g/mol. The van der Waals surface area contributed by atoms with Gasteiger partial charge in [-0.25, -0.2) is 0 Å². The summed E-state index contributed by atoms with van der Waals surface area (Å²) < 4.78 is 0. The number of unbranched alkanes of at least 4 members (excludes halogenated alkanes) is 6. The number of nitrogens with one attached hydrogen (secondary N) is 2. The van der Waals surface area contributed by atoms with Gasteiger partial charge in [0, 0.05) is 12.5 Å². The molecule has 0 fully saturated rings. The Bertz CT molecular complexity index is 332. The summed E-state index contributed by atoms with van der Waals surface area (Å²) in [5.74, 6) is -0.0355. The van der Waals surface area contributed by atoms with Gasteiger partial charge in [-0.2, -0.15) is 0 Å². The van der Waals surface area contributed by atoms with Crippen LogP contribution < -0.4 is 10.2 Å². The first-order chi connectivity index (χ1) is 11.3. The van der Waals surface area contributed by atoms with Gasteiger partial charge in [-0.3, -0.25) is 4.79 Å². The minimum atomic E-state index is -1.75. The third-order valence-corrected chi connectivity index (χ3v) is 3.68. The highest BCUT2D eigenvalue weighted by atomic mass is 16.9. The van der Waals surface area contributed by atoms with E-state index in [9.17, 15) is 4.79 Å². The summed E-state index contributed by atoms with van der Waals surface area (Å²) in [5, 5.41) is 17.8. The van der Waals surface area contributed by atoms with Crippen LogP contribution in [0.15, 0.2) is 12.7 Å². The Labute approximate surface area is 146 Å². The Kier molecular flexibility index (Phi) is 18.2.